The number of benzene rings is 3. The average Bonchev–Trinajstić information content (AvgIpc) is 1.63. The minimum absolute atomic E-state index is 0.0179. The molecule has 4 aliphatic rings. The zero-order chi connectivity index (χ0) is 63.6. The number of anilines is 1. The maximum atomic E-state index is 14.4. The molecule has 8 rings (SSSR count). The summed E-state index contributed by atoms with van der Waals surface area (Å²) >= 11 is 0. The lowest BCUT2D eigenvalue weighted by Crippen LogP contribution is -2.64. The second-order valence-corrected chi connectivity index (χ2v) is 27.0. The Bertz CT molecular complexity index is 3250. The highest BCUT2D eigenvalue weighted by Crippen LogP contribution is 2.43. The van der Waals surface area contributed by atoms with E-state index in [9.17, 15) is 75.8 Å². The van der Waals surface area contributed by atoms with E-state index in [4.69, 9.17) is 23.7 Å². The summed E-state index contributed by atoms with van der Waals surface area (Å²) in [5.74, 6) is -5.03. The zero-order valence-corrected chi connectivity index (χ0v) is 51.3. The number of nitrogens with one attached hydrogen (secondary N) is 1. The molecule has 3 aromatic carbocycles. The molecular formula is C61H84N4O21S2. The number of hydrogen-bond donors (Lipinski definition) is 9. The van der Waals surface area contributed by atoms with Gasteiger partial charge in [0, 0.05) is 48.2 Å². The van der Waals surface area contributed by atoms with E-state index in [0.717, 1.165) is 50.3 Å². The first-order valence-corrected chi connectivity index (χ1v) is 33.4. The molecule has 3 aliphatic carbocycles. The number of carbonyl (C=O) groups is 4. The fourth-order valence-electron chi connectivity index (χ4n) is 13.1. The molecule has 15 atom stereocenters. The number of carboxylic acids is 1. The summed E-state index contributed by atoms with van der Waals surface area (Å²) in [6, 6.07) is 12.6. The van der Waals surface area contributed by atoms with Crippen LogP contribution in [0.2, 0.25) is 0 Å². The topological polar surface area (TPSA) is 387 Å². The van der Waals surface area contributed by atoms with Crippen LogP contribution in [0.5, 0.6) is 0 Å². The summed E-state index contributed by atoms with van der Waals surface area (Å²) < 4.78 is 103. The van der Waals surface area contributed by atoms with Gasteiger partial charge in [-0.25, -0.2) is 9.59 Å². The summed E-state index contributed by atoms with van der Waals surface area (Å²) in [6.07, 6.45) is -4.65. The first kappa shape index (κ1) is 68.5. The molecule has 0 radical (unpaired) electrons. The van der Waals surface area contributed by atoms with E-state index in [1.165, 1.54) is 25.1 Å². The van der Waals surface area contributed by atoms with Gasteiger partial charge in [-0.1, -0.05) is 75.8 Å². The highest BCUT2D eigenvalue weighted by atomic mass is 32.2. The maximum absolute atomic E-state index is 14.4. The number of carboxylic acid groups (broad SMARTS) is 1. The van der Waals surface area contributed by atoms with E-state index in [1.807, 2.05) is 6.92 Å². The molecule has 1 aromatic heterocycles. The molecule has 0 bridgehead atoms. The zero-order valence-electron chi connectivity index (χ0n) is 49.7. The van der Waals surface area contributed by atoms with Gasteiger partial charge in [-0.05, 0) is 124 Å². The third-order valence-electron chi connectivity index (χ3n) is 17.9. The Kier molecular flexibility index (Phi) is 23.8. The van der Waals surface area contributed by atoms with E-state index in [-0.39, 0.29) is 83.2 Å². The van der Waals surface area contributed by atoms with Crippen LogP contribution in [-0.2, 0) is 71.3 Å². The number of Topliss-reactive ketones (excluding diaryl/α,β-unsaturated/α-hetero) is 1. The molecule has 1 aliphatic heterocycles. The average molecular weight is 1270 g/mol. The minimum atomic E-state index is -4.90. The van der Waals surface area contributed by atoms with E-state index >= 15 is 0 Å². The molecule has 1 saturated heterocycles. The predicted molar refractivity (Wildman–Crippen MR) is 315 cm³/mol. The van der Waals surface area contributed by atoms with Crippen LogP contribution < -0.4 is 5.32 Å². The summed E-state index contributed by atoms with van der Waals surface area (Å²) in [6.45, 7) is 4.28. The van der Waals surface area contributed by atoms with Gasteiger partial charge in [0.2, 0.25) is 5.91 Å². The number of aliphatic hydroxyl groups excluding tert-OH is 5. The van der Waals surface area contributed by atoms with Crippen LogP contribution in [0.4, 0.5) is 5.69 Å². The van der Waals surface area contributed by atoms with Crippen molar-refractivity contribution in [3.8, 4) is 0 Å². The van der Waals surface area contributed by atoms with Crippen molar-refractivity contribution in [3.05, 3.63) is 77.6 Å². The van der Waals surface area contributed by atoms with E-state index in [1.54, 1.807) is 36.0 Å². The van der Waals surface area contributed by atoms with E-state index < -0.39 is 140 Å². The fourth-order valence-corrected chi connectivity index (χ4v) is 14.6. The number of ketones is 1. The number of esters is 1. The summed E-state index contributed by atoms with van der Waals surface area (Å²) in [5, 5.41) is 76.5. The lowest BCUT2D eigenvalue weighted by molar-refractivity contribution is -0.333. The van der Waals surface area contributed by atoms with E-state index in [0.29, 0.717) is 57.2 Å². The van der Waals surface area contributed by atoms with Crippen molar-refractivity contribution in [3.63, 3.8) is 0 Å². The molecule has 27 heteroatoms. The van der Waals surface area contributed by atoms with E-state index in [2.05, 4.69) is 15.6 Å². The first-order chi connectivity index (χ1) is 41.9. The number of aryl methyl sites for hydroxylation is 3. The van der Waals surface area contributed by atoms with Crippen molar-refractivity contribution < 1.29 is 99.4 Å². The number of unbranched alkanes of at least 4 members (excludes halogenated alkanes) is 2. The van der Waals surface area contributed by atoms with Crippen molar-refractivity contribution in [1.29, 1.82) is 0 Å². The van der Waals surface area contributed by atoms with Crippen LogP contribution in [0.1, 0.15) is 138 Å². The standard InChI is InChI=1S/C61H84N4O21S2/c1-4-37-29-39(44(68)20-12-11-19-40-31-65(64-63-40)24-14-13-21-51(69)62-43-22-23-49(87(76,77)78)41-25-34(2)26-50(52(41)43)88(79,80)81)30-46(56(37)82-45-27-35(3)53(70)42(32-66)54(45)71)84-61-58(86-60(75)38-17-9-6-10-18-38)57(55(72)48(33-67)85-61)83-47(59(73)74)28-36-15-7-5-8-16-36/h6,9-10,17-18,22-23,25-26,31,35-37,39,42,45-48,53-58,61,66-67,70-72H,4-5,7-8,11-16,19-21,24,27-30,32-33H2,1-3H3,(H,62,69)(H,73,74)(H,76,77,78)(H,79,80,81)/t35?,37?,39?,42?,45?,46?,47-,48?,53?,54?,55?,56?,57?,58?,61?/m0/s1. The molecule has 4 aromatic rings. The first-order valence-electron chi connectivity index (χ1n) is 30.5. The van der Waals surface area contributed by atoms with Crippen LogP contribution in [-0.4, -0.2) is 176 Å². The Hall–Kier alpha value is -5.40. The smallest absolute Gasteiger partial charge is 0.338 e. The molecule has 4 fully saturated rings. The normalized spacial score (nSPS) is 28.5. The second-order valence-electron chi connectivity index (χ2n) is 24.2. The third kappa shape index (κ3) is 17.1. The monoisotopic (exact) mass is 1270 g/mol. The van der Waals surface area contributed by atoms with Gasteiger partial charge in [0.25, 0.3) is 20.2 Å². The highest BCUT2D eigenvalue weighted by Gasteiger charge is 2.54. The van der Waals surface area contributed by atoms with Crippen LogP contribution in [0.3, 0.4) is 0 Å². The Morgan fingerprint density at radius 3 is 2.18 bits per heavy atom. The van der Waals surface area contributed by atoms with Crippen molar-refractivity contribution in [1.82, 2.24) is 15.0 Å². The Balaban J connectivity index is 0.933. The van der Waals surface area contributed by atoms with Crippen LogP contribution in [0, 0.1) is 36.5 Å². The number of aromatic nitrogens is 3. The molecule has 486 valence electrons. The van der Waals surface area contributed by atoms with Gasteiger partial charge in [-0.3, -0.25) is 23.4 Å². The summed E-state index contributed by atoms with van der Waals surface area (Å²) in [5.41, 5.74) is 0.972. The molecule has 1 amide bonds. The Morgan fingerprint density at radius 2 is 1.51 bits per heavy atom. The van der Waals surface area contributed by atoms with Gasteiger partial charge in [-0.2, -0.15) is 16.8 Å². The molecule has 25 nitrogen and oxygen atoms in total. The minimum Gasteiger partial charge on any atom is -0.479 e. The third-order valence-corrected chi connectivity index (χ3v) is 19.7. The number of aliphatic hydroxyl groups is 5. The summed E-state index contributed by atoms with van der Waals surface area (Å²) in [4.78, 5) is 53.3. The van der Waals surface area contributed by atoms with Crippen molar-refractivity contribution >= 4 is 60.3 Å². The number of hydrogen-bond acceptors (Lipinski definition) is 20. The molecule has 2 heterocycles. The number of ether oxygens (including phenoxy) is 5. The SMILES string of the molecule is CCC1CC(C(=O)CCCCc2cn(CCCCC(=O)Nc3ccc(S(=O)(=O)O)c4cc(C)cc(S(=O)(=O)O)c34)nn2)CC(OC2OC(CO)C(O)C(O[C@@H](CC3CCCCC3)C(=O)O)C2OC(=O)c2ccccc2)C1OC1CC(C)C(O)C(CO)C1O. The molecule has 0 spiro atoms. The van der Waals surface area contributed by atoms with Crippen LogP contribution in [0.15, 0.2) is 70.6 Å². The fraction of sp³-hybridized carbons (Fsp3) is 0.639. The maximum Gasteiger partial charge on any atom is 0.338 e. The van der Waals surface area contributed by atoms with Crippen molar-refractivity contribution in [2.24, 2.45) is 29.6 Å². The predicted octanol–water partition coefficient (Wildman–Crippen LogP) is 5.38. The van der Waals surface area contributed by atoms with Crippen LogP contribution in [0.25, 0.3) is 10.8 Å². The van der Waals surface area contributed by atoms with Crippen molar-refractivity contribution in [2.45, 2.75) is 214 Å². The second kappa shape index (κ2) is 30.6. The number of nitrogens with zero attached hydrogens (tertiary/aromatic N) is 3. The number of fused-ring (bicyclic) bond motifs is 1. The van der Waals surface area contributed by atoms with Gasteiger partial charge < -0.3 is 59.6 Å². The largest absolute Gasteiger partial charge is 0.479 e. The van der Waals surface area contributed by atoms with Gasteiger partial charge in [0.05, 0.1) is 60.7 Å². The Labute approximate surface area is 511 Å². The van der Waals surface area contributed by atoms with Gasteiger partial charge in [0.15, 0.2) is 18.5 Å². The van der Waals surface area contributed by atoms with Gasteiger partial charge in [-0.15, -0.1) is 5.10 Å². The molecule has 88 heavy (non-hydrogen) atoms. The highest BCUT2D eigenvalue weighted by molar-refractivity contribution is 7.86. The number of amides is 1. The number of rotatable bonds is 28. The number of aliphatic carboxylic acids is 1. The van der Waals surface area contributed by atoms with Crippen molar-refractivity contribution in [2.75, 3.05) is 18.5 Å². The molecule has 9 N–H and O–H groups in total. The van der Waals surface area contributed by atoms with Crippen LogP contribution >= 0.6 is 0 Å². The van der Waals surface area contributed by atoms with Gasteiger partial charge >= 0.3 is 11.9 Å². The lowest BCUT2D eigenvalue weighted by atomic mass is 9.73. The Morgan fingerprint density at radius 1 is 0.795 bits per heavy atom. The molecule has 14 unspecified atom stereocenters. The quantitative estimate of drug-likeness (QED) is 0.0196. The molecule has 3 saturated carbocycles. The molecular weight excluding hydrogens is 1190 g/mol. The van der Waals surface area contributed by atoms with Gasteiger partial charge in [0.1, 0.15) is 33.9 Å². The summed E-state index contributed by atoms with van der Waals surface area (Å²) in [7, 11) is -9.73. The number of carbonyl (C=O) groups excluding carboxylic acids is 3. The lowest BCUT2D eigenvalue weighted by Gasteiger charge is -2.49.